The van der Waals surface area contributed by atoms with Gasteiger partial charge in [-0.05, 0) is 89.9 Å². The number of unbranched alkanes of at least 4 members (excludes halogenated alkanes) is 6. The summed E-state index contributed by atoms with van der Waals surface area (Å²) in [5.41, 5.74) is 15.4. The molecule has 4 heterocycles. The van der Waals surface area contributed by atoms with Gasteiger partial charge in [-0.1, -0.05) is 210 Å². The lowest BCUT2D eigenvalue weighted by molar-refractivity contribution is 0.667. The quantitative estimate of drug-likeness (QED) is 0.0822. The molecule has 0 bridgehead atoms. The number of allylic oxidation sites excluding steroid dienone is 1. The summed E-state index contributed by atoms with van der Waals surface area (Å²) in [6.07, 6.45) is 15.6. The largest absolute Gasteiger partial charge is 0.338 e. The molecule has 346 valence electrons. The molecular weight excluding hydrogens is 863 g/mol. The number of pyridine rings is 2. The van der Waals surface area contributed by atoms with Gasteiger partial charge in [0.05, 0.1) is 33.6 Å². The predicted octanol–water partition coefficient (Wildman–Crippen LogP) is 16.1. The van der Waals surface area contributed by atoms with Crippen molar-refractivity contribution in [1.82, 2.24) is 15.0 Å². The molecule has 0 atom stereocenters. The first-order chi connectivity index (χ1) is 35.1. The molecule has 1 N–H and O–H groups in total. The molecule has 5 heteroatoms. The number of aromatic amines is 1. The van der Waals surface area contributed by atoms with Gasteiger partial charge >= 0.3 is 0 Å². The maximum absolute atomic E-state index is 5.65. The SMILES string of the molecule is CCCCCCc1ccc(C2=NC(=Nc3[nH]c(-c4ccc(CCCCCC)cc4)c(C#Cc4cccc5ncccc45)c3-c3ccccc3)C(c3ccccc3)=C2C#Cc2cccc3ncccc23)cc1. The van der Waals surface area contributed by atoms with Crippen molar-refractivity contribution >= 4 is 44.7 Å². The van der Waals surface area contributed by atoms with Crippen molar-refractivity contribution < 1.29 is 0 Å². The van der Waals surface area contributed by atoms with Gasteiger partial charge in [0.15, 0.2) is 5.84 Å². The average molecular weight is 920 g/mol. The first-order valence-corrected chi connectivity index (χ1v) is 25.3. The van der Waals surface area contributed by atoms with E-state index in [1.54, 1.807) is 0 Å². The van der Waals surface area contributed by atoms with Crippen molar-refractivity contribution in [1.29, 1.82) is 0 Å². The first kappa shape index (κ1) is 46.4. The lowest BCUT2D eigenvalue weighted by Gasteiger charge is -2.07. The smallest absolute Gasteiger partial charge is 0.164 e. The Hall–Kier alpha value is -8.38. The molecule has 1 aliphatic rings. The van der Waals surface area contributed by atoms with Gasteiger partial charge in [-0.3, -0.25) is 9.97 Å². The predicted molar refractivity (Wildman–Crippen MR) is 297 cm³/mol. The molecule has 0 fully saturated rings. The Bertz CT molecular complexity index is 3520. The van der Waals surface area contributed by atoms with E-state index in [4.69, 9.17) is 9.98 Å². The zero-order chi connectivity index (χ0) is 48.2. The van der Waals surface area contributed by atoms with Crippen molar-refractivity contribution in [2.75, 3.05) is 0 Å². The minimum absolute atomic E-state index is 0.575. The minimum Gasteiger partial charge on any atom is -0.338 e. The summed E-state index contributed by atoms with van der Waals surface area (Å²) in [4.78, 5) is 24.3. The van der Waals surface area contributed by atoms with Crippen molar-refractivity contribution in [2.45, 2.75) is 78.1 Å². The Balaban J connectivity index is 1.19. The van der Waals surface area contributed by atoms with E-state index in [9.17, 15) is 0 Å². The molecule has 3 aromatic heterocycles. The van der Waals surface area contributed by atoms with Crippen molar-refractivity contribution in [3.05, 3.63) is 227 Å². The number of benzene rings is 6. The van der Waals surface area contributed by atoms with Crippen LogP contribution >= 0.6 is 0 Å². The summed E-state index contributed by atoms with van der Waals surface area (Å²) >= 11 is 0. The number of amidine groups is 1. The lowest BCUT2D eigenvalue weighted by Crippen LogP contribution is -2.02. The van der Waals surface area contributed by atoms with Gasteiger partial charge in [0.2, 0.25) is 0 Å². The summed E-state index contributed by atoms with van der Waals surface area (Å²) in [6, 6.07) is 59.2. The number of nitrogens with zero attached hydrogens (tertiary/aromatic N) is 4. The number of nitrogens with one attached hydrogen (secondary N) is 1. The highest BCUT2D eigenvalue weighted by Crippen LogP contribution is 2.42. The fourth-order valence-electron chi connectivity index (χ4n) is 9.51. The van der Waals surface area contributed by atoms with Crippen LogP contribution in [0.3, 0.4) is 0 Å². The summed E-state index contributed by atoms with van der Waals surface area (Å²) < 4.78 is 0. The first-order valence-electron chi connectivity index (χ1n) is 25.3. The Kier molecular flexibility index (Phi) is 14.6. The summed E-state index contributed by atoms with van der Waals surface area (Å²) in [7, 11) is 0. The molecule has 1 aliphatic heterocycles. The number of aliphatic imine (C=N–C) groups is 2. The molecular formula is C66H57N5. The molecule has 0 saturated carbocycles. The van der Waals surface area contributed by atoms with Crippen LogP contribution in [-0.2, 0) is 12.8 Å². The third-order valence-corrected chi connectivity index (χ3v) is 13.3. The third-order valence-electron chi connectivity index (χ3n) is 13.3. The molecule has 0 radical (unpaired) electrons. The number of rotatable bonds is 15. The average Bonchev–Trinajstić information content (AvgIpc) is 3.98. The van der Waals surface area contributed by atoms with Gasteiger partial charge in [-0.25, -0.2) is 9.98 Å². The van der Waals surface area contributed by atoms with Crippen LogP contribution in [0.15, 0.2) is 198 Å². The second-order valence-electron chi connectivity index (χ2n) is 18.2. The van der Waals surface area contributed by atoms with Crippen LogP contribution in [0.25, 0.3) is 49.8 Å². The fourth-order valence-corrected chi connectivity index (χ4v) is 9.51. The molecule has 5 nitrogen and oxygen atoms in total. The highest BCUT2D eigenvalue weighted by molar-refractivity contribution is 6.42. The Labute approximate surface area is 418 Å². The number of aryl methyl sites for hydroxylation is 2. The van der Waals surface area contributed by atoms with E-state index in [1.165, 1.54) is 62.5 Å². The second kappa shape index (κ2) is 22.4. The van der Waals surface area contributed by atoms with Crippen LogP contribution in [0, 0.1) is 23.7 Å². The van der Waals surface area contributed by atoms with E-state index in [0.717, 1.165) is 102 Å². The molecule has 0 spiro atoms. The van der Waals surface area contributed by atoms with Gasteiger partial charge in [0.1, 0.15) is 5.82 Å². The number of hydrogen-bond acceptors (Lipinski definition) is 3. The molecule has 0 amide bonds. The summed E-state index contributed by atoms with van der Waals surface area (Å²) in [6.45, 7) is 4.52. The zero-order valence-electron chi connectivity index (χ0n) is 40.7. The van der Waals surface area contributed by atoms with Gasteiger partial charge < -0.3 is 4.98 Å². The normalized spacial score (nSPS) is 12.8. The van der Waals surface area contributed by atoms with E-state index in [2.05, 4.69) is 174 Å². The molecule has 0 saturated heterocycles. The van der Waals surface area contributed by atoms with E-state index in [1.807, 2.05) is 60.9 Å². The molecule has 0 unspecified atom stereocenters. The van der Waals surface area contributed by atoms with E-state index in [0.29, 0.717) is 11.7 Å². The van der Waals surface area contributed by atoms with Crippen LogP contribution in [0.5, 0.6) is 0 Å². The maximum atomic E-state index is 5.65. The molecule has 0 aliphatic carbocycles. The number of fused-ring (bicyclic) bond motifs is 2. The third kappa shape index (κ3) is 10.6. The minimum atomic E-state index is 0.575. The van der Waals surface area contributed by atoms with Crippen molar-refractivity contribution in [2.24, 2.45) is 9.98 Å². The second-order valence-corrected chi connectivity index (χ2v) is 18.2. The van der Waals surface area contributed by atoms with Crippen LogP contribution in [0.2, 0.25) is 0 Å². The van der Waals surface area contributed by atoms with Crippen molar-refractivity contribution in [3.63, 3.8) is 0 Å². The summed E-state index contributed by atoms with van der Waals surface area (Å²) in [5, 5.41) is 2.02. The van der Waals surface area contributed by atoms with Gasteiger partial charge in [0.25, 0.3) is 0 Å². The standard InChI is InChI=1S/C66H57N5/c1-3-5-7-11-21-47-33-37-53(38-34-47)63-57(43-41-49-27-17-31-59-55(49)29-19-45-67-59)61(51-23-13-9-14-24-51)65(69-63)71-66-62(52-25-15-10-16-26-52)58(44-42-50-28-18-32-60-56(50)30-20-46-68-60)64(70-66)54-39-35-48(36-40-54)22-12-8-6-4-2/h9-10,13-20,23-40,45-46,69H,3-8,11-12,21-22H2,1-2H3. The van der Waals surface area contributed by atoms with Crippen LogP contribution < -0.4 is 0 Å². The van der Waals surface area contributed by atoms with Crippen LogP contribution in [0.4, 0.5) is 5.82 Å². The number of H-pyrrole nitrogens is 1. The highest BCUT2D eigenvalue weighted by atomic mass is 15.0. The molecule has 71 heavy (non-hydrogen) atoms. The zero-order valence-corrected chi connectivity index (χ0v) is 40.7. The van der Waals surface area contributed by atoms with Crippen molar-refractivity contribution in [3.8, 4) is 46.1 Å². The fraction of sp³-hybridized carbons (Fsp3) is 0.182. The molecule has 10 rings (SSSR count). The monoisotopic (exact) mass is 919 g/mol. The van der Waals surface area contributed by atoms with Gasteiger partial charge in [-0.2, -0.15) is 0 Å². The molecule has 9 aromatic rings. The van der Waals surface area contributed by atoms with E-state index in [-0.39, 0.29) is 0 Å². The Morgan fingerprint density at radius 2 is 1.01 bits per heavy atom. The summed E-state index contributed by atoms with van der Waals surface area (Å²) in [5.74, 6) is 15.8. The topological polar surface area (TPSA) is 66.3 Å². The number of hydrogen-bond donors (Lipinski definition) is 1. The van der Waals surface area contributed by atoms with Crippen LogP contribution in [0.1, 0.15) is 104 Å². The van der Waals surface area contributed by atoms with Gasteiger partial charge in [-0.15, -0.1) is 0 Å². The lowest BCUT2D eigenvalue weighted by atomic mass is 9.94. The van der Waals surface area contributed by atoms with Gasteiger partial charge in [0, 0.05) is 51.0 Å². The van der Waals surface area contributed by atoms with Crippen LogP contribution in [-0.4, -0.2) is 26.5 Å². The maximum Gasteiger partial charge on any atom is 0.164 e. The van der Waals surface area contributed by atoms with E-state index >= 15 is 0 Å². The highest BCUT2D eigenvalue weighted by Gasteiger charge is 2.29. The van der Waals surface area contributed by atoms with E-state index < -0.39 is 0 Å². The number of aromatic nitrogens is 3. The Morgan fingerprint density at radius 3 is 1.59 bits per heavy atom. The Morgan fingerprint density at radius 1 is 0.465 bits per heavy atom. The molecule has 6 aromatic carbocycles.